The van der Waals surface area contributed by atoms with Crippen LogP contribution >= 0.6 is 11.6 Å². The molecule has 4 heteroatoms. The molecule has 0 spiro atoms. The van der Waals surface area contributed by atoms with Crippen LogP contribution in [0.1, 0.15) is 24.2 Å². The normalized spacial score (nSPS) is 12.8. The van der Waals surface area contributed by atoms with Gasteiger partial charge in [0.15, 0.2) is 0 Å². The van der Waals surface area contributed by atoms with Gasteiger partial charge in [0.05, 0.1) is 11.6 Å². The van der Waals surface area contributed by atoms with E-state index in [1.165, 1.54) is 6.07 Å². The quantitative estimate of drug-likeness (QED) is 0.755. The topological polar surface area (TPSA) is 25.2 Å². The summed E-state index contributed by atoms with van der Waals surface area (Å²) in [6.07, 6.45) is -0.751. The lowest BCUT2D eigenvalue weighted by Crippen LogP contribution is -2.01. The second-order valence-electron chi connectivity index (χ2n) is 5.09. The highest BCUT2D eigenvalue weighted by atomic mass is 35.5. The average Bonchev–Trinajstić information content (AvgIpc) is 2.74. The Labute approximate surface area is 127 Å². The van der Waals surface area contributed by atoms with E-state index in [0.29, 0.717) is 28.2 Å². The van der Waals surface area contributed by atoms with Crippen LogP contribution in [0.3, 0.4) is 0 Å². The predicted octanol–water partition coefficient (Wildman–Crippen LogP) is 4.54. The predicted molar refractivity (Wildman–Crippen MR) is 83.1 cm³/mol. The number of hydrogen-bond acceptors (Lipinski definition) is 1. The largest absolute Gasteiger partial charge is 0.389 e. The lowest BCUT2D eigenvalue weighted by molar-refractivity contribution is 0.200. The summed E-state index contributed by atoms with van der Waals surface area (Å²) in [4.78, 5) is 0. The van der Waals surface area contributed by atoms with E-state index in [9.17, 15) is 9.50 Å². The first kappa shape index (κ1) is 14.1. The molecule has 0 bridgehead atoms. The van der Waals surface area contributed by atoms with E-state index < -0.39 is 6.10 Å². The van der Waals surface area contributed by atoms with E-state index in [-0.39, 0.29) is 5.82 Å². The van der Waals surface area contributed by atoms with E-state index in [1.807, 2.05) is 30.3 Å². The minimum atomic E-state index is -0.751. The molecule has 0 aliphatic heterocycles. The molecule has 0 amide bonds. The van der Waals surface area contributed by atoms with Crippen LogP contribution < -0.4 is 0 Å². The molecule has 2 nitrogen and oxygen atoms in total. The van der Waals surface area contributed by atoms with Crippen molar-refractivity contribution in [3.05, 3.63) is 70.6 Å². The molecular formula is C17H15ClFNO. The summed E-state index contributed by atoms with van der Waals surface area (Å²) >= 11 is 6.41. The molecule has 3 rings (SSSR count). The van der Waals surface area contributed by atoms with Gasteiger partial charge in [-0.2, -0.15) is 0 Å². The van der Waals surface area contributed by atoms with Gasteiger partial charge in [0.1, 0.15) is 11.0 Å². The number of halogens is 2. The number of benzene rings is 2. The van der Waals surface area contributed by atoms with Gasteiger partial charge in [0.25, 0.3) is 0 Å². The van der Waals surface area contributed by atoms with Gasteiger partial charge in [-0.05, 0) is 18.6 Å². The van der Waals surface area contributed by atoms with Crippen molar-refractivity contribution in [2.45, 2.75) is 19.6 Å². The minimum Gasteiger partial charge on any atom is -0.389 e. The Morgan fingerprint density at radius 1 is 1.14 bits per heavy atom. The number of para-hydroxylation sites is 1. The van der Waals surface area contributed by atoms with Gasteiger partial charge in [0.2, 0.25) is 0 Å². The first-order valence-corrected chi connectivity index (χ1v) is 7.15. The second-order valence-corrected chi connectivity index (χ2v) is 5.45. The summed E-state index contributed by atoms with van der Waals surface area (Å²) < 4.78 is 16.0. The number of aliphatic hydroxyl groups is 1. The van der Waals surface area contributed by atoms with Crippen molar-refractivity contribution in [2.24, 2.45) is 0 Å². The standard InChI is InChI=1S/C17H15ClFNO/c1-11(21)15-13-8-5-9-14(19)16(13)20(17(15)18)10-12-6-3-2-4-7-12/h2-9,11,21H,10H2,1H3. The van der Waals surface area contributed by atoms with Gasteiger partial charge in [-0.15, -0.1) is 0 Å². The molecule has 1 atom stereocenters. The molecular weight excluding hydrogens is 289 g/mol. The van der Waals surface area contributed by atoms with Crippen molar-refractivity contribution in [1.82, 2.24) is 4.57 Å². The monoisotopic (exact) mass is 303 g/mol. The fourth-order valence-corrected chi connectivity index (χ4v) is 3.08. The maximum absolute atomic E-state index is 14.2. The molecule has 0 fully saturated rings. The minimum absolute atomic E-state index is 0.336. The van der Waals surface area contributed by atoms with Crippen LogP contribution in [-0.4, -0.2) is 9.67 Å². The molecule has 1 unspecified atom stereocenters. The van der Waals surface area contributed by atoms with E-state index >= 15 is 0 Å². The summed E-state index contributed by atoms with van der Waals surface area (Å²) in [7, 11) is 0. The molecule has 1 N–H and O–H groups in total. The molecule has 0 aliphatic rings. The Balaban J connectivity index is 2.24. The van der Waals surface area contributed by atoms with Crippen LogP contribution in [0.4, 0.5) is 4.39 Å². The Hall–Kier alpha value is -1.84. The SMILES string of the molecule is CC(O)c1c(Cl)n(Cc2ccccc2)c2c(F)cccc12. The highest BCUT2D eigenvalue weighted by molar-refractivity contribution is 6.32. The molecule has 108 valence electrons. The summed E-state index contributed by atoms with van der Waals surface area (Å²) in [5.74, 6) is -0.336. The van der Waals surface area contributed by atoms with Crippen LogP contribution in [0.25, 0.3) is 10.9 Å². The van der Waals surface area contributed by atoms with Crippen LogP contribution in [0.5, 0.6) is 0 Å². The van der Waals surface area contributed by atoms with Crippen LogP contribution in [0.15, 0.2) is 48.5 Å². The number of aromatic nitrogens is 1. The van der Waals surface area contributed by atoms with E-state index in [1.54, 1.807) is 23.6 Å². The smallest absolute Gasteiger partial charge is 0.147 e. The zero-order valence-electron chi connectivity index (χ0n) is 11.6. The summed E-state index contributed by atoms with van der Waals surface area (Å²) in [5, 5.41) is 11.0. The number of aliphatic hydroxyl groups excluding tert-OH is 1. The van der Waals surface area contributed by atoms with Gasteiger partial charge >= 0.3 is 0 Å². The first-order valence-electron chi connectivity index (χ1n) is 6.77. The fourth-order valence-electron chi connectivity index (χ4n) is 2.67. The second kappa shape index (κ2) is 5.51. The van der Waals surface area contributed by atoms with Gasteiger partial charge in [-0.1, -0.05) is 54.1 Å². The van der Waals surface area contributed by atoms with Crippen molar-refractivity contribution in [3.63, 3.8) is 0 Å². The zero-order valence-corrected chi connectivity index (χ0v) is 12.3. The highest BCUT2D eigenvalue weighted by Gasteiger charge is 2.21. The fraction of sp³-hybridized carbons (Fsp3) is 0.176. The maximum atomic E-state index is 14.2. The Kier molecular flexibility index (Phi) is 3.70. The van der Waals surface area contributed by atoms with Gasteiger partial charge < -0.3 is 9.67 Å². The lowest BCUT2D eigenvalue weighted by Gasteiger charge is -2.08. The number of nitrogens with zero attached hydrogens (tertiary/aromatic N) is 1. The van der Waals surface area contributed by atoms with Crippen molar-refractivity contribution in [3.8, 4) is 0 Å². The van der Waals surface area contributed by atoms with E-state index in [4.69, 9.17) is 11.6 Å². The molecule has 0 saturated carbocycles. The molecule has 1 aromatic heterocycles. The van der Waals surface area contributed by atoms with E-state index in [0.717, 1.165) is 5.56 Å². The van der Waals surface area contributed by atoms with Crippen molar-refractivity contribution < 1.29 is 9.50 Å². The first-order chi connectivity index (χ1) is 10.1. The Morgan fingerprint density at radius 2 is 1.86 bits per heavy atom. The molecule has 0 radical (unpaired) electrons. The summed E-state index contributed by atoms with van der Waals surface area (Å²) in [5.41, 5.74) is 2.03. The average molecular weight is 304 g/mol. The van der Waals surface area contributed by atoms with Crippen molar-refractivity contribution in [2.75, 3.05) is 0 Å². The van der Waals surface area contributed by atoms with Crippen molar-refractivity contribution in [1.29, 1.82) is 0 Å². The molecule has 3 aromatic rings. The number of hydrogen-bond donors (Lipinski definition) is 1. The summed E-state index contributed by atoms with van der Waals surface area (Å²) in [6, 6.07) is 14.5. The van der Waals surface area contributed by atoms with Crippen LogP contribution in [-0.2, 0) is 6.54 Å². The highest BCUT2D eigenvalue weighted by Crippen LogP contribution is 2.36. The molecule has 21 heavy (non-hydrogen) atoms. The third-order valence-corrected chi connectivity index (χ3v) is 4.02. The molecule has 2 aromatic carbocycles. The van der Waals surface area contributed by atoms with Gasteiger partial charge in [-0.25, -0.2) is 4.39 Å². The summed E-state index contributed by atoms with van der Waals surface area (Å²) in [6.45, 7) is 2.10. The van der Waals surface area contributed by atoms with Gasteiger partial charge in [-0.3, -0.25) is 0 Å². The maximum Gasteiger partial charge on any atom is 0.147 e. The lowest BCUT2D eigenvalue weighted by atomic mass is 10.1. The third kappa shape index (κ3) is 2.43. The Morgan fingerprint density at radius 3 is 2.52 bits per heavy atom. The number of rotatable bonds is 3. The molecule has 0 saturated heterocycles. The van der Waals surface area contributed by atoms with E-state index in [2.05, 4.69) is 0 Å². The van der Waals surface area contributed by atoms with Crippen molar-refractivity contribution >= 4 is 22.5 Å². The van der Waals surface area contributed by atoms with Crippen LogP contribution in [0.2, 0.25) is 5.15 Å². The number of fused-ring (bicyclic) bond motifs is 1. The van der Waals surface area contributed by atoms with Gasteiger partial charge in [0, 0.05) is 17.5 Å². The molecule has 0 aliphatic carbocycles. The Bertz CT molecular complexity index is 780. The zero-order chi connectivity index (χ0) is 15.0. The van der Waals surface area contributed by atoms with Crippen LogP contribution in [0, 0.1) is 5.82 Å². The third-order valence-electron chi connectivity index (χ3n) is 3.61. The molecule has 1 heterocycles.